The van der Waals surface area contributed by atoms with E-state index in [-0.39, 0.29) is 29.5 Å². The average Bonchev–Trinajstić information content (AvgIpc) is 2.42. The van der Waals surface area contributed by atoms with Crippen molar-refractivity contribution in [2.24, 2.45) is 29.6 Å². The summed E-state index contributed by atoms with van der Waals surface area (Å²) in [6, 6.07) is 0. The summed E-state index contributed by atoms with van der Waals surface area (Å²) in [5.74, 6) is -0.547. The Morgan fingerprint density at radius 2 is 1.65 bits per heavy atom. The topological polar surface area (TPSA) is 63.6 Å². The molecule has 1 saturated heterocycles. The highest BCUT2D eigenvalue weighted by Crippen LogP contribution is 2.39. The zero-order valence-electron chi connectivity index (χ0n) is 12.8. The SMILES string of the molecule is CC1CC2C[C@H](C1)[C@H](O)C(C)C(=O)OC(C)C(C)C2=O. The van der Waals surface area contributed by atoms with Gasteiger partial charge in [0.05, 0.1) is 17.9 Å². The normalized spacial score (nSPS) is 46.8. The molecule has 114 valence electrons. The Kier molecular flexibility index (Phi) is 4.52. The number of ketones is 1. The van der Waals surface area contributed by atoms with Crippen molar-refractivity contribution >= 4 is 11.8 Å². The van der Waals surface area contributed by atoms with Crippen LogP contribution in [0.15, 0.2) is 0 Å². The second kappa shape index (κ2) is 5.84. The van der Waals surface area contributed by atoms with E-state index < -0.39 is 18.1 Å². The highest BCUT2D eigenvalue weighted by Gasteiger charge is 2.42. The van der Waals surface area contributed by atoms with Crippen molar-refractivity contribution in [3.05, 3.63) is 0 Å². The molecular formula is C16H26O4. The number of aliphatic hydroxyl groups excluding tert-OH is 1. The number of rotatable bonds is 0. The van der Waals surface area contributed by atoms with Crippen molar-refractivity contribution in [2.45, 2.75) is 59.2 Å². The fraction of sp³-hybridized carbons (Fsp3) is 0.875. The lowest BCUT2D eigenvalue weighted by Gasteiger charge is -2.39. The molecule has 2 bridgehead atoms. The van der Waals surface area contributed by atoms with Crippen molar-refractivity contribution in [2.75, 3.05) is 0 Å². The average molecular weight is 282 g/mol. The van der Waals surface area contributed by atoms with Gasteiger partial charge in [-0.3, -0.25) is 9.59 Å². The van der Waals surface area contributed by atoms with Gasteiger partial charge in [-0.25, -0.2) is 0 Å². The number of ether oxygens (including phenoxy) is 1. The van der Waals surface area contributed by atoms with Gasteiger partial charge in [-0.05, 0) is 44.9 Å². The summed E-state index contributed by atoms with van der Waals surface area (Å²) in [4.78, 5) is 24.6. The Morgan fingerprint density at radius 1 is 1.00 bits per heavy atom. The molecule has 1 saturated carbocycles. The largest absolute Gasteiger partial charge is 0.462 e. The van der Waals surface area contributed by atoms with Crippen LogP contribution in [0, 0.1) is 29.6 Å². The van der Waals surface area contributed by atoms with Gasteiger partial charge in [0.25, 0.3) is 0 Å². The van der Waals surface area contributed by atoms with Gasteiger partial charge in [0.2, 0.25) is 0 Å². The van der Waals surface area contributed by atoms with Gasteiger partial charge in [0, 0.05) is 5.92 Å². The molecule has 4 heteroatoms. The van der Waals surface area contributed by atoms with E-state index in [4.69, 9.17) is 4.74 Å². The highest BCUT2D eigenvalue weighted by atomic mass is 16.5. The fourth-order valence-electron chi connectivity index (χ4n) is 3.71. The van der Waals surface area contributed by atoms with Crippen molar-refractivity contribution in [1.82, 2.24) is 0 Å². The van der Waals surface area contributed by atoms with Crippen LogP contribution in [0.4, 0.5) is 0 Å². The number of aliphatic hydroxyl groups is 1. The molecule has 0 aromatic rings. The molecule has 2 fully saturated rings. The van der Waals surface area contributed by atoms with Gasteiger partial charge < -0.3 is 9.84 Å². The molecule has 0 radical (unpaired) electrons. The van der Waals surface area contributed by atoms with Gasteiger partial charge in [0.1, 0.15) is 11.9 Å². The van der Waals surface area contributed by atoms with Crippen LogP contribution in [0.2, 0.25) is 0 Å². The summed E-state index contributed by atoms with van der Waals surface area (Å²) in [6.45, 7) is 7.46. The molecular weight excluding hydrogens is 256 g/mol. The first kappa shape index (κ1) is 15.5. The first-order valence-electron chi connectivity index (χ1n) is 7.73. The minimum absolute atomic E-state index is 0.000137. The third kappa shape index (κ3) is 2.90. The maximum absolute atomic E-state index is 12.6. The molecule has 1 heterocycles. The molecule has 0 spiro atoms. The minimum Gasteiger partial charge on any atom is -0.462 e. The van der Waals surface area contributed by atoms with Crippen molar-refractivity contribution in [3.63, 3.8) is 0 Å². The second-order valence-electron chi connectivity index (χ2n) is 6.88. The lowest BCUT2D eigenvalue weighted by molar-refractivity contribution is -0.164. The van der Waals surface area contributed by atoms with Crippen molar-refractivity contribution in [3.8, 4) is 0 Å². The molecule has 4 nitrogen and oxygen atoms in total. The smallest absolute Gasteiger partial charge is 0.311 e. The molecule has 1 N–H and O–H groups in total. The summed E-state index contributed by atoms with van der Waals surface area (Å²) in [7, 11) is 0. The standard InChI is InChI=1S/C16H26O4/c1-8-5-12-7-13(6-8)15(18)10(3)16(19)20-11(4)9(2)14(12)17/h8-13,15,18H,5-7H2,1-4H3/t8?,9?,10?,11?,12?,13-,15+/m0/s1. The van der Waals surface area contributed by atoms with E-state index in [0.29, 0.717) is 12.3 Å². The summed E-state index contributed by atoms with van der Waals surface area (Å²) in [6.07, 6.45) is 1.35. The van der Waals surface area contributed by atoms with Crippen LogP contribution in [0.5, 0.6) is 0 Å². The van der Waals surface area contributed by atoms with Crippen LogP contribution >= 0.6 is 0 Å². The molecule has 1 aliphatic carbocycles. The summed E-state index contributed by atoms with van der Waals surface area (Å²) in [5.41, 5.74) is 0. The molecule has 1 aliphatic heterocycles. The Balaban J connectivity index is 2.30. The van der Waals surface area contributed by atoms with E-state index in [0.717, 1.165) is 12.8 Å². The first-order valence-corrected chi connectivity index (χ1v) is 7.73. The predicted molar refractivity (Wildman–Crippen MR) is 74.9 cm³/mol. The van der Waals surface area contributed by atoms with E-state index in [1.54, 1.807) is 13.8 Å². The number of carbonyl (C=O) groups excluding carboxylic acids is 2. The quantitative estimate of drug-likeness (QED) is 0.692. The monoisotopic (exact) mass is 282 g/mol. The lowest BCUT2D eigenvalue weighted by atomic mass is 9.68. The van der Waals surface area contributed by atoms with E-state index in [2.05, 4.69) is 6.92 Å². The summed E-state index contributed by atoms with van der Waals surface area (Å²) < 4.78 is 5.36. The van der Waals surface area contributed by atoms with Gasteiger partial charge >= 0.3 is 5.97 Å². The van der Waals surface area contributed by atoms with E-state index in [9.17, 15) is 14.7 Å². The van der Waals surface area contributed by atoms with Gasteiger partial charge in [-0.1, -0.05) is 13.8 Å². The van der Waals surface area contributed by atoms with Crippen LogP contribution in [0.25, 0.3) is 0 Å². The van der Waals surface area contributed by atoms with Crippen LogP contribution in [0.3, 0.4) is 0 Å². The number of cyclic esters (lactones) is 1. The molecule has 0 aromatic carbocycles. The molecule has 2 rings (SSSR count). The third-order valence-electron chi connectivity index (χ3n) is 5.20. The summed E-state index contributed by atoms with van der Waals surface area (Å²) in [5, 5.41) is 10.4. The predicted octanol–water partition coefficient (Wildman–Crippen LogP) is 2.19. The zero-order chi connectivity index (χ0) is 15.0. The number of esters is 1. The Morgan fingerprint density at radius 3 is 2.30 bits per heavy atom. The number of hydrogen-bond acceptors (Lipinski definition) is 4. The number of Topliss-reactive ketones (excluding diaryl/α,β-unsaturated/α-hetero) is 1. The van der Waals surface area contributed by atoms with Crippen LogP contribution < -0.4 is 0 Å². The molecule has 0 amide bonds. The molecule has 7 atom stereocenters. The van der Waals surface area contributed by atoms with E-state index >= 15 is 0 Å². The molecule has 0 aromatic heterocycles. The maximum atomic E-state index is 12.6. The molecule has 5 unspecified atom stereocenters. The lowest BCUT2D eigenvalue weighted by Crippen LogP contribution is -2.44. The maximum Gasteiger partial charge on any atom is 0.311 e. The second-order valence-corrected chi connectivity index (χ2v) is 6.88. The number of fused-ring (bicyclic) bond motifs is 2. The zero-order valence-corrected chi connectivity index (χ0v) is 12.8. The Labute approximate surface area is 120 Å². The van der Waals surface area contributed by atoms with E-state index in [1.807, 2.05) is 6.92 Å². The Hall–Kier alpha value is -0.900. The van der Waals surface area contributed by atoms with Crippen molar-refractivity contribution < 1.29 is 19.4 Å². The van der Waals surface area contributed by atoms with Gasteiger partial charge in [-0.15, -0.1) is 0 Å². The highest BCUT2D eigenvalue weighted by molar-refractivity contribution is 5.84. The van der Waals surface area contributed by atoms with E-state index in [1.165, 1.54) is 0 Å². The van der Waals surface area contributed by atoms with Crippen molar-refractivity contribution in [1.29, 1.82) is 0 Å². The number of hydrogen-bond donors (Lipinski definition) is 1. The van der Waals surface area contributed by atoms with Gasteiger partial charge in [0.15, 0.2) is 0 Å². The fourth-order valence-corrected chi connectivity index (χ4v) is 3.71. The first-order chi connectivity index (χ1) is 9.31. The molecule has 2 aliphatic rings. The minimum atomic E-state index is -0.707. The van der Waals surface area contributed by atoms with Gasteiger partial charge in [-0.2, -0.15) is 0 Å². The van der Waals surface area contributed by atoms with Crippen LogP contribution in [-0.4, -0.2) is 29.1 Å². The number of carbonyl (C=O) groups is 2. The van der Waals surface area contributed by atoms with Crippen LogP contribution in [0.1, 0.15) is 47.0 Å². The molecule has 20 heavy (non-hydrogen) atoms. The van der Waals surface area contributed by atoms with Crippen LogP contribution in [-0.2, 0) is 14.3 Å². The summed E-state index contributed by atoms with van der Waals surface area (Å²) >= 11 is 0. The third-order valence-corrected chi connectivity index (χ3v) is 5.20. The Bertz CT molecular complexity index is 392.